The van der Waals surface area contributed by atoms with E-state index in [2.05, 4.69) is 45.8 Å². The Kier molecular flexibility index (Phi) is 6.00. The molecule has 2 fully saturated rings. The zero-order chi connectivity index (χ0) is 23.6. The molecule has 2 aliphatic heterocycles. The summed E-state index contributed by atoms with van der Waals surface area (Å²) in [6.07, 6.45) is 10.8. The van der Waals surface area contributed by atoms with Crippen LogP contribution in [-0.2, 0) is 9.53 Å². The maximum atomic E-state index is 12.8. The van der Waals surface area contributed by atoms with Crippen LogP contribution in [0, 0.1) is 5.92 Å². The predicted molar refractivity (Wildman–Crippen MR) is 136 cm³/mol. The fraction of sp³-hybridized carbons (Fsp3) is 0.357. The number of carbonyl (C=O) groups is 1. The summed E-state index contributed by atoms with van der Waals surface area (Å²) >= 11 is 0. The third-order valence-corrected chi connectivity index (χ3v) is 7.20. The number of ether oxygens (including phenoxy) is 1. The highest BCUT2D eigenvalue weighted by Gasteiger charge is 2.25. The lowest BCUT2D eigenvalue weighted by Gasteiger charge is -2.33. The van der Waals surface area contributed by atoms with Gasteiger partial charge in [0.2, 0.25) is 5.91 Å². The zero-order valence-electron chi connectivity index (χ0n) is 19.7. The van der Waals surface area contributed by atoms with Crippen LogP contribution in [0.3, 0.4) is 0 Å². The second-order valence-electron chi connectivity index (χ2n) is 9.50. The summed E-state index contributed by atoms with van der Waals surface area (Å²) in [5.74, 6) is 0.125. The maximum Gasteiger partial charge on any atom is 0.227 e. The van der Waals surface area contributed by atoms with Crippen LogP contribution in [0.2, 0.25) is 0 Å². The second-order valence-corrected chi connectivity index (χ2v) is 9.50. The Morgan fingerprint density at radius 2 is 1.83 bits per heavy atom. The van der Waals surface area contributed by atoms with Gasteiger partial charge in [-0.3, -0.25) is 4.79 Å². The van der Waals surface area contributed by atoms with Crippen molar-refractivity contribution in [1.82, 2.24) is 9.78 Å². The fourth-order valence-electron chi connectivity index (χ4n) is 5.13. The summed E-state index contributed by atoms with van der Waals surface area (Å²) in [4.78, 5) is 15.2. The minimum absolute atomic E-state index is 0.0263. The molecular formula is C28H30N4O3. The number of hydrogen-bond acceptors (Lipinski definition) is 5. The molecule has 2 saturated heterocycles. The molecule has 35 heavy (non-hydrogen) atoms. The number of aromatic nitrogens is 2. The van der Waals surface area contributed by atoms with Gasteiger partial charge in [0.15, 0.2) is 0 Å². The Labute approximate surface area is 204 Å². The molecule has 4 heterocycles. The number of amides is 1. The smallest absolute Gasteiger partial charge is 0.227 e. The molecule has 180 valence electrons. The summed E-state index contributed by atoms with van der Waals surface area (Å²) < 4.78 is 13.2. The van der Waals surface area contributed by atoms with E-state index in [0.717, 1.165) is 73.2 Å². The summed E-state index contributed by atoms with van der Waals surface area (Å²) in [6.45, 7) is 2.55. The molecule has 0 spiro atoms. The molecule has 7 heteroatoms. The van der Waals surface area contributed by atoms with Crippen LogP contribution in [-0.4, -0.2) is 35.4 Å². The van der Waals surface area contributed by atoms with Crippen LogP contribution in [0.15, 0.2) is 71.6 Å². The topological polar surface area (TPSA) is 72.5 Å². The van der Waals surface area contributed by atoms with Crippen LogP contribution in [0.5, 0.6) is 0 Å². The number of hydrogen-bond donors (Lipinski definition) is 1. The first kappa shape index (κ1) is 21.9. The predicted octanol–water partition coefficient (Wildman–Crippen LogP) is 5.85. The van der Waals surface area contributed by atoms with Gasteiger partial charge < -0.3 is 19.4 Å². The number of carbonyl (C=O) groups excluding carboxylic acids is 1. The van der Waals surface area contributed by atoms with Crippen molar-refractivity contribution in [2.75, 3.05) is 29.9 Å². The van der Waals surface area contributed by atoms with E-state index in [1.54, 1.807) is 6.26 Å². The fourth-order valence-corrected chi connectivity index (χ4v) is 5.13. The van der Waals surface area contributed by atoms with Crippen molar-refractivity contribution in [3.63, 3.8) is 0 Å². The highest BCUT2D eigenvalue weighted by molar-refractivity contribution is 5.95. The Bertz CT molecular complexity index is 1300. The van der Waals surface area contributed by atoms with Crippen LogP contribution < -0.4 is 10.2 Å². The molecule has 0 saturated carbocycles. The van der Waals surface area contributed by atoms with Gasteiger partial charge in [0.1, 0.15) is 11.8 Å². The SMILES string of the molecule is O=C(Nc1ccc2occc2c1)C1CCN(c2ccc(-c3cnn(C4CCCCO4)c3)cc2)CC1. The molecule has 2 aromatic carbocycles. The van der Waals surface area contributed by atoms with E-state index < -0.39 is 0 Å². The van der Waals surface area contributed by atoms with Gasteiger partial charge in [0.05, 0.1) is 12.5 Å². The molecule has 2 aliphatic rings. The molecule has 1 unspecified atom stereocenters. The Hall–Kier alpha value is -3.58. The minimum Gasteiger partial charge on any atom is -0.464 e. The maximum absolute atomic E-state index is 12.8. The number of fused-ring (bicyclic) bond motifs is 1. The lowest BCUT2D eigenvalue weighted by atomic mass is 9.95. The van der Waals surface area contributed by atoms with Gasteiger partial charge >= 0.3 is 0 Å². The minimum atomic E-state index is 0.0263. The number of rotatable bonds is 5. The summed E-state index contributed by atoms with van der Waals surface area (Å²) in [5, 5.41) is 8.61. The summed E-state index contributed by atoms with van der Waals surface area (Å²) in [5.41, 5.74) is 5.10. The van der Waals surface area contributed by atoms with E-state index in [4.69, 9.17) is 9.15 Å². The van der Waals surface area contributed by atoms with E-state index in [1.807, 2.05) is 35.1 Å². The summed E-state index contributed by atoms with van der Waals surface area (Å²) in [6, 6.07) is 16.3. The van der Waals surface area contributed by atoms with Gasteiger partial charge in [0.25, 0.3) is 0 Å². The summed E-state index contributed by atoms with van der Waals surface area (Å²) in [7, 11) is 0. The second kappa shape index (κ2) is 9.58. The van der Waals surface area contributed by atoms with E-state index >= 15 is 0 Å². The Balaban J connectivity index is 1.04. The first-order valence-electron chi connectivity index (χ1n) is 12.5. The molecule has 4 aromatic rings. The van der Waals surface area contributed by atoms with Crippen LogP contribution >= 0.6 is 0 Å². The third-order valence-electron chi connectivity index (χ3n) is 7.20. The molecule has 0 radical (unpaired) electrons. The largest absolute Gasteiger partial charge is 0.464 e. The van der Waals surface area contributed by atoms with Crippen molar-refractivity contribution in [3.05, 3.63) is 67.2 Å². The molecule has 1 atom stereocenters. The standard InChI is InChI=1S/C28H30N4O3/c33-28(30-24-6-9-26-22(17-24)12-16-34-26)21-10-13-31(14-11-21)25-7-4-20(5-8-25)23-18-29-32(19-23)27-3-1-2-15-35-27/h4-9,12,16-19,21,27H,1-3,10-11,13-15H2,(H,30,33). The molecule has 7 nitrogen and oxygen atoms in total. The van der Waals surface area contributed by atoms with Crippen molar-refractivity contribution >= 4 is 28.3 Å². The molecule has 1 amide bonds. The highest BCUT2D eigenvalue weighted by atomic mass is 16.5. The molecule has 1 N–H and O–H groups in total. The lowest BCUT2D eigenvalue weighted by Crippen LogP contribution is -2.38. The van der Waals surface area contributed by atoms with Crippen LogP contribution in [0.4, 0.5) is 11.4 Å². The van der Waals surface area contributed by atoms with E-state index in [0.29, 0.717) is 0 Å². The number of furan rings is 1. The average Bonchev–Trinajstić information content (AvgIpc) is 3.59. The third kappa shape index (κ3) is 4.68. The normalized spacial score (nSPS) is 19.2. The van der Waals surface area contributed by atoms with Crippen LogP contribution in [0.1, 0.15) is 38.3 Å². The Morgan fingerprint density at radius 3 is 2.63 bits per heavy atom. The van der Waals surface area contributed by atoms with E-state index in [9.17, 15) is 4.79 Å². The van der Waals surface area contributed by atoms with Crippen LogP contribution in [0.25, 0.3) is 22.1 Å². The van der Waals surface area contributed by atoms with Gasteiger partial charge in [-0.05, 0) is 74.1 Å². The number of piperidine rings is 1. The Morgan fingerprint density at radius 1 is 0.971 bits per heavy atom. The number of anilines is 2. The molecule has 0 aliphatic carbocycles. The van der Waals surface area contributed by atoms with Gasteiger partial charge in [0, 0.05) is 54.1 Å². The van der Waals surface area contributed by atoms with Gasteiger partial charge in [-0.1, -0.05) is 12.1 Å². The zero-order valence-corrected chi connectivity index (χ0v) is 19.7. The number of nitrogens with zero attached hydrogens (tertiary/aromatic N) is 3. The highest BCUT2D eigenvalue weighted by Crippen LogP contribution is 2.29. The van der Waals surface area contributed by atoms with Gasteiger partial charge in [-0.2, -0.15) is 5.10 Å². The monoisotopic (exact) mass is 470 g/mol. The van der Waals surface area contributed by atoms with E-state index in [-0.39, 0.29) is 18.1 Å². The number of nitrogens with one attached hydrogen (secondary N) is 1. The van der Waals surface area contributed by atoms with Gasteiger partial charge in [-0.15, -0.1) is 0 Å². The molecular weight excluding hydrogens is 440 g/mol. The van der Waals surface area contributed by atoms with Crippen molar-refractivity contribution in [1.29, 1.82) is 0 Å². The average molecular weight is 471 g/mol. The molecule has 2 aromatic heterocycles. The van der Waals surface area contributed by atoms with E-state index in [1.165, 1.54) is 12.1 Å². The van der Waals surface area contributed by atoms with Crippen molar-refractivity contribution in [2.24, 2.45) is 5.92 Å². The van der Waals surface area contributed by atoms with Crippen molar-refractivity contribution < 1.29 is 13.9 Å². The van der Waals surface area contributed by atoms with Crippen molar-refractivity contribution in [3.8, 4) is 11.1 Å². The first-order chi connectivity index (χ1) is 17.2. The molecule has 6 rings (SSSR count). The quantitative estimate of drug-likeness (QED) is 0.396. The molecule has 0 bridgehead atoms. The van der Waals surface area contributed by atoms with Crippen molar-refractivity contribution in [2.45, 2.75) is 38.3 Å². The van der Waals surface area contributed by atoms with Gasteiger partial charge in [-0.25, -0.2) is 4.68 Å². The number of benzene rings is 2. The lowest BCUT2D eigenvalue weighted by molar-refractivity contribution is -0.120. The first-order valence-corrected chi connectivity index (χ1v) is 12.5.